The summed E-state index contributed by atoms with van der Waals surface area (Å²) in [5, 5.41) is 18.4. The number of aromatic nitrogens is 5. The summed E-state index contributed by atoms with van der Waals surface area (Å²) < 4.78 is 1.47. The van der Waals surface area contributed by atoms with Crippen LogP contribution in [0.1, 0.15) is 35.3 Å². The van der Waals surface area contributed by atoms with Crippen molar-refractivity contribution in [1.29, 1.82) is 0 Å². The monoisotopic (exact) mass is 481 g/mol. The van der Waals surface area contributed by atoms with Crippen LogP contribution in [-0.4, -0.2) is 56.7 Å². The summed E-state index contributed by atoms with van der Waals surface area (Å²) in [7, 11) is 1.64. The third-order valence-electron chi connectivity index (χ3n) is 6.27. The number of nitrogens with one attached hydrogen (secondary N) is 3. The van der Waals surface area contributed by atoms with Crippen LogP contribution in [0.5, 0.6) is 0 Å². The van der Waals surface area contributed by atoms with Gasteiger partial charge in [-0.05, 0) is 25.5 Å². The van der Waals surface area contributed by atoms with Crippen molar-refractivity contribution in [3.8, 4) is 0 Å². The number of rotatable bonds is 5. The molecule has 1 fully saturated rings. The molecule has 2 atom stereocenters. The Morgan fingerprint density at radius 3 is 3.00 bits per heavy atom. The van der Waals surface area contributed by atoms with Crippen molar-refractivity contribution in [1.82, 2.24) is 35.4 Å². The molecule has 0 spiro atoms. The molecule has 5 rings (SSSR count). The first-order valence-electron chi connectivity index (χ1n) is 10.9. The largest absolute Gasteiger partial charge is 0.381 e. The SMILES string of the molecule is CNC(=O)C1CCN(c2c([C@@H](C)NC(=O)c3c(N)nn4cccnc34)cc(Cl)c3cn[nH]c23)C1. The number of hydrogen-bond donors (Lipinski definition) is 4. The van der Waals surface area contributed by atoms with Crippen LogP contribution in [0.2, 0.25) is 5.02 Å². The van der Waals surface area contributed by atoms with Gasteiger partial charge < -0.3 is 21.3 Å². The van der Waals surface area contributed by atoms with Gasteiger partial charge in [-0.15, -0.1) is 5.10 Å². The van der Waals surface area contributed by atoms with Crippen molar-refractivity contribution in [3.63, 3.8) is 0 Å². The van der Waals surface area contributed by atoms with Crippen LogP contribution >= 0.6 is 11.6 Å². The van der Waals surface area contributed by atoms with Gasteiger partial charge in [0.25, 0.3) is 5.91 Å². The lowest BCUT2D eigenvalue weighted by Crippen LogP contribution is -2.32. The summed E-state index contributed by atoms with van der Waals surface area (Å²) in [5.41, 5.74) is 9.04. The predicted octanol–water partition coefficient (Wildman–Crippen LogP) is 1.90. The Morgan fingerprint density at radius 2 is 2.21 bits per heavy atom. The number of H-pyrrole nitrogens is 1. The van der Waals surface area contributed by atoms with E-state index in [2.05, 4.69) is 35.8 Å². The summed E-state index contributed by atoms with van der Waals surface area (Å²) in [4.78, 5) is 31.8. The zero-order valence-corrected chi connectivity index (χ0v) is 19.4. The lowest BCUT2D eigenvalue weighted by atomic mass is 10.0. The van der Waals surface area contributed by atoms with Gasteiger partial charge in [0, 0.05) is 43.5 Å². The number of nitrogen functional groups attached to an aromatic ring is 1. The summed E-state index contributed by atoms with van der Waals surface area (Å²) in [6.07, 6.45) is 5.66. The minimum Gasteiger partial charge on any atom is -0.381 e. The summed E-state index contributed by atoms with van der Waals surface area (Å²) in [6.45, 7) is 3.11. The van der Waals surface area contributed by atoms with Crippen LogP contribution in [0.25, 0.3) is 16.6 Å². The molecule has 0 saturated carbocycles. The van der Waals surface area contributed by atoms with E-state index in [1.165, 1.54) is 4.52 Å². The summed E-state index contributed by atoms with van der Waals surface area (Å²) >= 11 is 6.57. The Bertz CT molecular complexity index is 1410. The third-order valence-corrected chi connectivity index (χ3v) is 6.59. The molecule has 3 aromatic heterocycles. The number of benzene rings is 1. The summed E-state index contributed by atoms with van der Waals surface area (Å²) in [5.74, 6) is -0.411. The lowest BCUT2D eigenvalue weighted by molar-refractivity contribution is -0.123. The molecule has 11 nitrogen and oxygen atoms in total. The highest BCUT2D eigenvalue weighted by molar-refractivity contribution is 6.36. The second-order valence-electron chi connectivity index (χ2n) is 8.34. The number of nitrogens with zero attached hydrogens (tertiary/aromatic N) is 5. The fraction of sp³-hybridized carbons (Fsp3) is 0.318. The van der Waals surface area contributed by atoms with Gasteiger partial charge in [-0.3, -0.25) is 14.7 Å². The van der Waals surface area contributed by atoms with Crippen molar-refractivity contribution < 1.29 is 9.59 Å². The van der Waals surface area contributed by atoms with Crippen LogP contribution in [0, 0.1) is 5.92 Å². The fourth-order valence-corrected chi connectivity index (χ4v) is 4.86. The maximum absolute atomic E-state index is 13.2. The molecular formula is C22H24ClN9O2. The van der Waals surface area contributed by atoms with Crippen LogP contribution in [0.4, 0.5) is 11.5 Å². The Morgan fingerprint density at radius 1 is 1.38 bits per heavy atom. The number of carbonyl (C=O) groups excluding carboxylic acids is 2. The van der Waals surface area contributed by atoms with Gasteiger partial charge in [-0.25, -0.2) is 9.50 Å². The Kier molecular flexibility index (Phi) is 5.48. The first-order chi connectivity index (χ1) is 16.4. The van der Waals surface area contributed by atoms with E-state index in [9.17, 15) is 9.59 Å². The number of hydrogen-bond acceptors (Lipinski definition) is 7. The molecule has 1 unspecified atom stereocenters. The van der Waals surface area contributed by atoms with Crippen LogP contribution in [-0.2, 0) is 4.79 Å². The molecule has 1 aliphatic rings. The first-order valence-corrected chi connectivity index (χ1v) is 11.3. The van der Waals surface area contributed by atoms with Crippen molar-refractivity contribution in [2.24, 2.45) is 5.92 Å². The average molecular weight is 482 g/mol. The van der Waals surface area contributed by atoms with Crippen molar-refractivity contribution in [2.75, 3.05) is 30.8 Å². The molecule has 2 amide bonds. The highest BCUT2D eigenvalue weighted by Gasteiger charge is 2.32. The average Bonchev–Trinajstić information content (AvgIpc) is 3.56. The van der Waals surface area contributed by atoms with E-state index in [1.54, 1.807) is 31.7 Å². The van der Waals surface area contributed by atoms with Crippen LogP contribution < -0.4 is 21.3 Å². The topological polar surface area (TPSA) is 146 Å². The second-order valence-corrected chi connectivity index (χ2v) is 8.75. The number of halogens is 1. The Balaban J connectivity index is 1.52. The second kappa shape index (κ2) is 8.49. The van der Waals surface area contributed by atoms with Gasteiger partial charge >= 0.3 is 0 Å². The van der Waals surface area contributed by atoms with E-state index in [1.807, 2.05) is 13.0 Å². The minimum atomic E-state index is -0.440. The van der Waals surface area contributed by atoms with Crippen LogP contribution in [0.15, 0.2) is 30.7 Å². The molecule has 12 heteroatoms. The Hall–Kier alpha value is -3.86. The van der Waals surface area contributed by atoms with Crippen molar-refractivity contribution in [2.45, 2.75) is 19.4 Å². The Labute approximate surface area is 199 Å². The zero-order valence-electron chi connectivity index (χ0n) is 18.7. The standard InChI is InChI=1S/C22H24ClN9O2/c1-11(28-22(34)16-19(24)30-32-6-3-5-26-20(16)32)13-8-15(23)14-9-27-29-17(14)18(13)31-7-4-12(10-31)21(33)25-2/h3,5-6,8-9,11-12H,4,7,10H2,1-2H3,(H2,24,30)(H,25,33)(H,27,29)(H,28,34)/t11-,12?/m1/s1. The van der Waals surface area contributed by atoms with Gasteiger partial charge in [0.15, 0.2) is 11.5 Å². The molecular weight excluding hydrogens is 458 g/mol. The molecule has 1 aromatic carbocycles. The molecule has 5 N–H and O–H groups in total. The molecule has 4 aromatic rings. The van der Waals surface area contributed by atoms with E-state index >= 15 is 0 Å². The van der Waals surface area contributed by atoms with Gasteiger partial charge in [0.2, 0.25) is 5.91 Å². The maximum Gasteiger partial charge on any atom is 0.259 e. The van der Waals surface area contributed by atoms with Gasteiger partial charge in [-0.1, -0.05) is 11.6 Å². The van der Waals surface area contributed by atoms with E-state index < -0.39 is 11.9 Å². The number of carbonyl (C=O) groups is 2. The highest BCUT2D eigenvalue weighted by atomic mass is 35.5. The molecule has 1 saturated heterocycles. The zero-order chi connectivity index (χ0) is 24.0. The van der Waals surface area contributed by atoms with E-state index in [0.717, 1.165) is 28.6 Å². The number of aromatic amines is 1. The van der Waals surface area contributed by atoms with Gasteiger partial charge in [0.05, 0.1) is 34.4 Å². The molecule has 0 aliphatic carbocycles. The number of fused-ring (bicyclic) bond motifs is 2. The normalized spacial score (nSPS) is 16.8. The smallest absolute Gasteiger partial charge is 0.259 e. The third kappa shape index (κ3) is 3.58. The van der Waals surface area contributed by atoms with E-state index in [-0.39, 0.29) is 23.2 Å². The van der Waals surface area contributed by atoms with Gasteiger partial charge in [0.1, 0.15) is 5.56 Å². The van der Waals surface area contributed by atoms with Crippen molar-refractivity contribution in [3.05, 3.63) is 46.9 Å². The number of nitrogens with two attached hydrogens (primary N) is 1. The number of anilines is 2. The first kappa shape index (κ1) is 22.0. The quantitative estimate of drug-likeness (QED) is 0.340. The highest BCUT2D eigenvalue weighted by Crippen LogP contribution is 2.40. The maximum atomic E-state index is 13.2. The predicted molar refractivity (Wildman–Crippen MR) is 129 cm³/mol. The molecule has 176 valence electrons. The molecule has 4 heterocycles. The lowest BCUT2D eigenvalue weighted by Gasteiger charge is -2.26. The molecule has 34 heavy (non-hydrogen) atoms. The minimum absolute atomic E-state index is 0.0104. The van der Waals surface area contributed by atoms with Crippen molar-refractivity contribution >= 4 is 51.5 Å². The number of amides is 2. The van der Waals surface area contributed by atoms with E-state index in [4.69, 9.17) is 17.3 Å². The van der Waals surface area contributed by atoms with E-state index in [0.29, 0.717) is 23.8 Å². The molecule has 0 bridgehead atoms. The van der Waals surface area contributed by atoms with Gasteiger partial charge in [-0.2, -0.15) is 5.10 Å². The van der Waals surface area contributed by atoms with Crippen LogP contribution in [0.3, 0.4) is 0 Å². The summed E-state index contributed by atoms with van der Waals surface area (Å²) in [6, 6.07) is 3.11. The molecule has 1 aliphatic heterocycles. The molecule has 0 radical (unpaired) electrons. The fourth-order valence-electron chi connectivity index (χ4n) is 4.60.